The van der Waals surface area contributed by atoms with Crippen LogP contribution in [-0.4, -0.2) is 78.8 Å². The molecule has 0 saturated heterocycles. The predicted octanol–water partition coefficient (Wildman–Crippen LogP) is 4.82. The van der Waals surface area contributed by atoms with E-state index in [1.807, 2.05) is 60.7 Å². The smallest absolute Gasteiger partial charge is 0.328 e. The number of hydrogen-bond donors (Lipinski definition) is 3. The van der Waals surface area contributed by atoms with E-state index in [2.05, 4.69) is 21.9 Å². The number of ether oxygens (including phenoxy) is 3. The van der Waals surface area contributed by atoms with Crippen molar-refractivity contribution in [2.75, 3.05) is 26.9 Å². The number of aliphatic hydroxyl groups is 1. The molecule has 0 saturated carbocycles. The molecule has 2 atom stereocenters. The number of rotatable bonds is 25. The number of carbonyl (C=O) groups excluding carboxylic acids is 5. The van der Waals surface area contributed by atoms with E-state index < -0.39 is 36.5 Å². The average Bonchev–Trinajstić information content (AvgIpc) is 3.20. The molecule has 54 heavy (non-hydrogen) atoms. The van der Waals surface area contributed by atoms with Crippen LogP contribution in [0.3, 0.4) is 0 Å². The van der Waals surface area contributed by atoms with Crippen LogP contribution in [0.1, 0.15) is 72.9 Å². The van der Waals surface area contributed by atoms with Crippen LogP contribution in [-0.2, 0) is 46.7 Å². The van der Waals surface area contributed by atoms with Gasteiger partial charge in [0.2, 0.25) is 11.8 Å². The number of amides is 3. The number of para-hydroxylation sites is 1. The molecule has 3 rings (SSSR count). The van der Waals surface area contributed by atoms with Gasteiger partial charge in [-0.3, -0.25) is 24.0 Å². The van der Waals surface area contributed by atoms with E-state index in [1.54, 1.807) is 24.3 Å². The number of methoxy groups -OCH3 is 1. The Balaban J connectivity index is 1.59. The Morgan fingerprint density at radius 2 is 1.43 bits per heavy atom. The molecule has 3 aromatic carbocycles. The zero-order valence-corrected chi connectivity index (χ0v) is 30.8. The molecule has 3 amide bonds. The minimum absolute atomic E-state index is 0.0830. The van der Waals surface area contributed by atoms with Gasteiger partial charge in [0.05, 0.1) is 19.3 Å². The van der Waals surface area contributed by atoms with Gasteiger partial charge in [0.1, 0.15) is 37.7 Å². The fourth-order valence-corrected chi connectivity index (χ4v) is 5.25. The Labute approximate surface area is 316 Å². The van der Waals surface area contributed by atoms with Gasteiger partial charge in [0, 0.05) is 19.4 Å². The lowest BCUT2D eigenvalue weighted by molar-refractivity contribution is -0.192. The molecule has 0 unspecified atom stereocenters. The molecular weight excluding hydrogens is 694 g/mol. The Kier molecular flexibility index (Phi) is 19.6. The van der Waals surface area contributed by atoms with Crippen molar-refractivity contribution in [3.63, 3.8) is 0 Å². The molecule has 0 fully saturated rings. The monoisotopic (exact) mass is 745 g/mol. The lowest BCUT2D eigenvalue weighted by Crippen LogP contribution is -2.53. The summed E-state index contributed by atoms with van der Waals surface area (Å²) in [7, 11) is 1.34. The van der Waals surface area contributed by atoms with Gasteiger partial charge in [-0.1, -0.05) is 91.9 Å². The van der Waals surface area contributed by atoms with E-state index >= 15 is 0 Å². The third-order valence-electron chi connectivity index (χ3n) is 8.23. The zero-order chi connectivity index (χ0) is 39.0. The first-order valence-electron chi connectivity index (χ1n) is 18.0. The minimum Gasteiger partial charge on any atom is -0.488 e. The second-order valence-electron chi connectivity index (χ2n) is 12.3. The third-order valence-corrected chi connectivity index (χ3v) is 8.23. The molecule has 0 spiro atoms. The van der Waals surface area contributed by atoms with Crippen molar-refractivity contribution in [2.45, 2.75) is 76.7 Å². The first-order valence-corrected chi connectivity index (χ1v) is 18.0. The van der Waals surface area contributed by atoms with Gasteiger partial charge in [-0.05, 0) is 55.4 Å². The number of hydroxylamine groups is 2. The maximum atomic E-state index is 13.3. The SMILES string of the molecule is C=CCOC(=O)[C@H](CCCCN(OCc1ccccc1)C(=O)CCCCCC(=O)OC)NC(=O)[C@H](CO)NC(=O)c1ccccc1OCc1ccccc1. The second-order valence-corrected chi connectivity index (χ2v) is 12.3. The maximum absolute atomic E-state index is 13.3. The molecule has 0 aliphatic rings. The lowest BCUT2D eigenvalue weighted by Gasteiger charge is -2.24. The minimum atomic E-state index is -1.39. The number of benzene rings is 3. The van der Waals surface area contributed by atoms with Crippen LogP contribution in [0, 0.1) is 0 Å². The van der Waals surface area contributed by atoms with Crippen LogP contribution in [0.25, 0.3) is 0 Å². The lowest BCUT2D eigenvalue weighted by atomic mass is 10.1. The van der Waals surface area contributed by atoms with Gasteiger partial charge < -0.3 is 30.0 Å². The highest BCUT2D eigenvalue weighted by Crippen LogP contribution is 2.20. The Morgan fingerprint density at radius 3 is 2.09 bits per heavy atom. The molecular formula is C41H51N3O10. The maximum Gasteiger partial charge on any atom is 0.328 e. The molecule has 3 N–H and O–H groups in total. The molecule has 13 heteroatoms. The van der Waals surface area contributed by atoms with Crippen molar-refractivity contribution in [1.29, 1.82) is 0 Å². The van der Waals surface area contributed by atoms with Gasteiger partial charge >= 0.3 is 11.9 Å². The number of nitrogens with zero attached hydrogens (tertiary/aromatic N) is 1. The van der Waals surface area contributed by atoms with Crippen molar-refractivity contribution in [2.24, 2.45) is 0 Å². The molecule has 0 aromatic heterocycles. The summed E-state index contributed by atoms with van der Waals surface area (Å²) in [4.78, 5) is 70.0. The van der Waals surface area contributed by atoms with E-state index in [0.29, 0.717) is 37.9 Å². The summed E-state index contributed by atoms with van der Waals surface area (Å²) >= 11 is 0. The van der Waals surface area contributed by atoms with Gasteiger partial charge in [0.15, 0.2) is 0 Å². The summed E-state index contributed by atoms with van der Waals surface area (Å²) in [5.74, 6) is -2.37. The van der Waals surface area contributed by atoms with Crippen LogP contribution in [0.4, 0.5) is 0 Å². The van der Waals surface area contributed by atoms with Gasteiger partial charge in [-0.2, -0.15) is 0 Å². The number of carbonyl (C=O) groups is 5. The summed E-state index contributed by atoms with van der Waals surface area (Å²) in [6, 6.07) is 22.9. The highest BCUT2D eigenvalue weighted by molar-refractivity contribution is 6.00. The molecule has 3 aromatic rings. The first kappa shape index (κ1) is 42.9. The third kappa shape index (κ3) is 15.6. The van der Waals surface area contributed by atoms with Crippen molar-refractivity contribution >= 4 is 29.7 Å². The van der Waals surface area contributed by atoms with Crippen LogP contribution in [0.2, 0.25) is 0 Å². The van der Waals surface area contributed by atoms with Crippen molar-refractivity contribution in [1.82, 2.24) is 15.7 Å². The summed E-state index contributed by atoms with van der Waals surface area (Å²) in [5.41, 5.74) is 1.95. The zero-order valence-electron chi connectivity index (χ0n) is 30.8. The van der Waals surface area contributed by atoms with Crippen LogP contribution < -0.4 is 15.4 Å². The standard InChI is InChI=1S/C41H51N3O10/c1-3-27-52-41(50)34(22-15-16-26-44(54-30-32-19-9-5-10-20-32)37(46)24-11-6-12-25-38(47)51-2)42-40(49)35(28-45)43-39(48)33-21-13-14-23-36(33)53-29-31-17-7-4-8-18-31/h3-5,7-10,13-14,17-21,23,34-35,45H,1,6,11-12,15-16,22,24-30H2,2H3,(H,42,49)(H,43,48)/t34-,35-/m0/s1. The fraction of sp³-hybridized carbons (Fsp3) is 0.390. The predicted molar refractivity (Wildman–Crippen MR) is 201 cm³/mol. The molecule has 0 aliphatic heterocycles. The molecule has 13 nitrogen and oxygen atoms in total. The highest BCUT2D eigenvalue weighted by Gasteiger charge is 2.28. The largest absolute Gasteiger partial charge is 0.488 e. The summed E-state index contributed by atoms with van der Waals surface area (Å²) < 4.78 is 15.8. The molecule has 290 valence electrons. The van der Waals surface area contributed by atoms with E-state index in [4.69, 9.17) is 14.3 Å². The van der Waals surface area contributed by atoms with Crippen molar-refractivity contribution in [3.05, 3.63) is 114 Å². The Bertz CT molecular complexity index is 1620. The van der Waals surface area contributed by atoms with E-state index in [-0.39, 0.29) is 63.1 Å². The van der Waals surface area contributed by atoms with Gasteiger partial charge in [-0.15, -0.1) is 0 Å². The van der Waals surface area contributed by atoms with E-state index in [0.717, 1.165) is 11.1 Å². The molecule has 0 heterocycles. The van der Waals surface area contributed by atoms with Crippen molar-refractivity contribution in [3.8, 4) is 5.75 Å². The fourth-order valence-electron chi connectivity index (χ4n) is 5.25. The second kappa shape index (κ2) is 24.7. The van der Waals surface area contributed by atoms with Gasteiger partial charge in [0.25, 0.3) is 5.91 Å². The van der Waals surface area contributed by atoms with Crippen LogP contribution in [0.5, 0.6) is 5.75 Å². The average molecular weight is 746 g/mol. The molecule has 0 radical (unpaired) electrons. The number of aliphatic hydroxyl groups excluding tert-OH is 1. The normalized spacial score (nSPS) is 11.7. The van der Waals surface area contributed by atoms with Crippen molar-refractivity contribution < 1.29 is 48.1 Å². The number of nitrogens with one attached hydrogen (secondary N) is 2. The summed E-state index contributed by atoms with van der Waals surface area (Å²) in [5, 5.41) is 16.5. The summed E-state index contributed by atoms with van der Waals surface area (Å²) in [6.45, 7) is 3.35. The number of esters is 2. The quantitative estimate of drug-likeness (QED) is 0.0473. The van der Waals surface area contributed by atoms with E-state index in [1.165, 1.54) is 18.2 Å². The summed E-state index contributed by atoms with van der Waals surface area (Å²) in [6.07, 6.45) is 4.70. The molecule has 0 bridgehead atoms. The number of unbranched alkanes of at least 4 members (excludes halogenated alkanes) is 3. The highest BCUT2D eigenvalue weighted by atomic mass is 16.7. The Hall–Kier alpha value is -5.53. The van der Waals surface area contributed by atoms with E-state index in [9.17, 15) is 29.1 Å². The van der Waals surface area contributed by atoms with Crippen LogP contribution in [0.15, 0.2) is 97.6 Å². The topological polar surface area (TPSA) is 170 Å². The molecule has 0 aliphatic carbocycles. The number of hydrogen-bond acceptors (Lipinski definition) is 10. The first-order chi connectivity index (χ1) is 26.2. The van der Waals surface area contributed by atoms with Gasteiger partial charge in [-0.25, -0.2) is 9.86 Å². The van der Waals surface area contributed by atoms with Crippen LogP contribution >= 0.6 is 0 Å². The Morgan fingerprint density at radius 1 is 0.778 bits per heavy atom.